The molecule has 33 heavy (non-hydrogen) atoms. The molecule has 0 unspecified atom stereocenters. The fraction of sp³-hybridized carbons (Fsp3) is 0.478. The molecular weight excluding hydrogens is 445 g/mol. The van der Waals surface area contributed by atoms with Crippen molar-refractivity contribution in [2.45, 2.75) is 44.4 Å². The summed E-state index contributed by atoms with van der Waals surface area (Å²) in [4.78, 5) is 25.5. The number of carbonyl (C=O) groups is 1. The van der Waals surface area contributed by atoms with Crippen molar-refractivity contribution in [3.05, 3.63) is 47.7 Å². The Balaban J connectivity index is 1.80. The molecular formula is C23H30FN5O3S. The first-order chi connectivity index (χ1) is 15.5. The van der Waals surface area contributed by atoms with E-state index in [1.165, 1.54) is 36.3 Å². The summed E-state index contributed by atoms with van der Waals surface area (Å²) < 4.78 is 25.4. The largest absolute Gasteiger partial charge is 0.476 e. The molecule has 1 aliphatic rings. The highest BCUT2D eigenvalue weighted by molar-refractivity contribution is 8.15. The van der Waals surface area contributed by atoms with Gasteiger partial charge in [0.25, 0.3) is 5.91 Å². The number of methoxy groups -OCH3 is 1. The van der Waals surface area contributed by atoms with E-state index in [0.717, 1.165) is 0 Å². The van der Waals surface area contributed by atoms with E-state index in [1.54, 1.807) is 13.2 Å². The highest BCUT2D eigenvalue weighted by Crippen LogP contribution is 2.46. The van der Waals surface area contributed by atoms with Gasteiger partial charge in [0.1, 0.15) is 11.5 Å². The van der Waals surface area contributed by atoms with Crippen LogP contribution in [-0.2, 0) is 10.3 Å². The summed E-state index contributed by atoms with van der Waals surface area (Å²) in [6.45, 7) is 8.84. The summed E-state index contributed by atoms with van der Waals surface area (Å²) in [6.07, 6.45) is 3.26. The average Bonchev–Trinajstić information content (AvgIpc) is 2.72. The number of amidine groups is 1. The number of nitrogens with two attached hydrogens (primary N) is 1. The molecule has 0 bridgehead atoms. The van der Waals surface area contributed by atoms with Crippen LogP contribution < -0.4 is 15.8 Å². The summed E-state index contributed by atoms with van der Waals surface area (Å²) in [5, 5.41) is 3.12. The molecule has 2 atom stereocenters. The number of aromatic nitrogens is 2. The highest BCUT2D eigenvalue weighted by atomic mass is 32.2. The Hall–Kier alpha value is -2.72. The lowest BCUT2D eigenvalue weighted by molar-refractivity contribution is 0.102. The van der Waals surface area contributed by atoms with E-state index in [4.69, 9.17) is 15.2 Å². The van der Waals surface area contributed by atoms with Gasteiger partial charge in [0.2, 0.25) is 5.88 Å². The molecule has 178 valence electrons. The lowest BCUT2D eigenvalue weighted by atomic mass is 9.83. The number of ether oxygens (including phenoxy) is 2. The minimum atomic E-state index is -0.914. The van der Waals surface area contributed by atoms with Crippen LogP contribution in [0.2, 0.25) is 0 Å². The summed E-state index contributed by atoms with van der Waals surface area (Å²) in [5.74, 6) is -0.196. The van der Waals surface area contributed by atoms with Crippen molar-refractivity contribution in [1.82, 2.24) is 9.97 Å². The van der Waals surface area contributed by atoms with Gasteiger partial charge in [0, 0.05) is 23.1 Å². The normalized spacial score (nSPS) is 22.7. The number of aliphatic imine (C=N–C) groups is 1. The highest BCUT2D eigenvalue weighted by Gasteiger charge is 2.43. The van der Waals surface area contributed by atoms with Gasteiger partial charge in [0.05, 0.1) is 31.1 Å². The molecule has 0 aliphatic carbocycles. The van der Waals surface area contributed by atoms with E-state index in [-0.39, 0.29) is 10.4 Å². The molecule has 3 rings (SSSR count). The fourth-order valence-electron chi connectivity index (χ4n) is 3.83. The van der Waals surface area contributed by atoms with Crippen molar-refractivity contribution in [2.24, 2.45) is 16.6 Å². The molecule has 0 fully saturated rings. The third-order valence-electron chi connectivity index (χ3n) is 5.11. The van der Waals surface area contributed by atoms with Crippen molar-refractivity contribution in [2.75, 3.05) is 25.6 Å². The fourth-order valence-corrected chi connectivity index (χ4v) is 5.12. The SMILES string of the molecule is COC[C@@]1(C)C[C@@](C)(c2cc(NC(=O)c3cnc(OCC(C)C)cn3)ccc2F)N=C(N)S1. The van der Waals surface area contributed by atoms with Crippen LogP contribution in [-0.4, -0.2) is 46.1 Å². The number of rotatable bonds is 8. The number of benzene rings is 1. The zero-order chi connectivity index (χ0) is 24.2. The van der Waals surface area contributed by atoms with Crippen LogP contribution >= 0.6 is 11.8 Å². The number of hydrogen-bond acceptors (Lipinski definition) is 8. The van der Waals surface area contributed by atoms with Crippen LogP contribution in [0.3, 0.4) is 0 Å². The van der Waals surface area contributed by atoms with Crippen LogP contribution in [0.25, 0.3) is 0 Å². The third kappa shape index (κ3) is 6.20. The number of carbonyl (C=O) groups excluding carboxylic acids is 1. The summed E-state index contributed by atoms with van der Waals surface area (Å²) in [5.41, 5.74) is 6.05. The Labute approximate surface area is 197 Å². The molecule has 3 N–H and O–H groups in total. The summed E-state index contributed by atoms with van der Waals surface area (Å²) >= 11 is 1.42. The predicted molar refractivity (Wildman–Crippen MR) is 128 cm³/mol. The van der Waals surface area contributed by atoms with Crippen LogP contribution in [0.1, 0.15) is 50.2 Å². The van der Waals surface area contributed by atoms with E-state index < -0.39 is 17.3 Å². The number of amides is 1. The van der Waals surface area contributed by atoms with Gasteiger partial charge in [0.15, 0.2) is 5.17 Å². The van der Waals surface area contributed by atoms with Gasteiger partial charge in [-0.15, -0.1) is 0 Å². The molecule has 1 aliphatic heterocycles. The maximum absolute atomic E-state index is 14.9. The van der Waals surface area contributed by atoms with E-state index in [9.17, 15) is 9.18 Å². The van der Waals surface area contributed by atoms with Crippen LogP contribution in [0.15, 0.2) is 35.6 Å². The average molecular weight is 476 g/mol. The molecule has 1 aromatic carbocycles. The van der Waals surface area contributed by atoms with Gasteiger partial charge < -0.3 is 20.5 Å². The first-order valence-electron chi connectivity index (χ1n) is 10.6. The van der Waals surface area contributed by atoms with Gasteiger partial charge in [-0.1, -0.05) is 25.6 Å². The third-order valence-corrected chi connectivity index (χ3v) is 6.16. The van der Waals surface area contributed by atoms with Gasteiger partial charge in [-0.2, -0.15) is 0 Å². The smallest absolute Gasteiger partial charge is 0.275 e. The number of anilines is 1. The number of halogens is 1. The van der Waals surface area contributed by atoms with Crippen molar-refractivity contribution in [3.63, 3.8) is 0 Å². The van der Waals surface area contributed by atoms with E-state index in [2.05, 4.69) is 20.3 Å². The monoisotopic (exact) mass is 475 g/mol. The number of nitrogens with one attached hydrogen (secondary N) is 1. The molecule has 0 radical (unpaired) electrons. The molecule has 2 heterocycles. The van der Waals surface area contributed by atoms with Crippen molar-refractivity contribution >= 4 is 28.5 Å². The topological polar surface area (TPSA) is 112 Å². The first kappa shape index (κ1) is 24.9. The maximum atomic E-state index is 14.9. The van der Waals surface area contributed by atoms with Crippen LogP contribution in [0.5, 0.6) is 5.88 Å². The summed E-state index contributed by atoms with van der Waals surface area (Å²) in [7, 11) is 1.62. The van der Waals surface area contributed by atoms with Crippen molar-refractivity contribution < 1.29 is 18.7 Å². The van der Waals surface area contributed by atoms with E-state index in [1.807, 2.05) is 27.7 Å². The molecule has 2 aromatic rings. The molecule has 0 saturated carbocycles. The Morgan fingerprint density at radius 3 is 2.70 bits per heavy atom. The van der Waals surface area contributed by atoms with Crippen molar-refractivity contribution in [3.8, 4) is 5.88 Å². The van der Waals surface area contributed by atoms with Gasteiger partial charge >= 0.3 is 0 Å². The number of hydrogen-bond donors (Lipinski definition) is 2. The Morgan fingerprint density at radius 2 is 2.06 bits per heavy atom. The van der Waals surface area contributed by atoms with Gasteiger partial charge in [-0.3, -0.25) is 9.79 Å². The minimum Gasteiger partial charge on any atom is -0.476 e. The molecule has 1 amide bonds. The second-order valence-corrected chi connectivity index (χ2v) is 10.6. The summed E-state index contributed by atoms with van der Waals surface area (Å²) in [6, 6.07) is 4.39. The number of thioether (sulfide) groups is 1. The van der Waals surface area contributed by atoms with Gasteiger partial charge in [-0.05, 0) is 44.4 Å². The first-order valence-corrected chi connectivity index (χ1v) is 11.4. The van der Waals surface area contributed by atoms with Crippen LogP contribution in [0.4, 0.5) is 10.1 Å². The van der Waals surface area contributed by atoms with Crippen molar-refractivity contribution in [1.29, 1.82) is 0 Å². The minimum absolute atomic E-state index is 0.119. The molecule has 0 spiro atoms. The number of nitrogens with zero attached hydrogens (tertiary/aromatic N) is 3. The lowest BCUT2D eigenvalue weighted by Crippen LogP contribution is -2.43. The second-order valence-electron chi connectivity index (χ2n) is 8.98. The quantitative estimate of drug-likeness (QED) is 0.594. The lowest BCUT2D eigenvalue weighted by Gasteiger charge is -2.41. The zero-order valence-corrected chi connectivity index (χ0v) is 20.3. The molecule has 1 aromatic heterocycles. The zero-order valence-electron chi connectivity index (χ0n) is 19.5. The van der Waals surface area contributed by atoms with Crippen LogP contribution in [0, 0.1) is 11.7 Å². The van der Waals surface area contributed by atoms with E-state index >= 15 is 0 Å². The molecule has 8 nitrogen and oxygen atoms in total. The molecule has 0 saturated heterocycles. The second kappa shape index (κ2) is 10.0. The Morgan fingerprint density at radius 1 is 1.30 bits per heavy atom. The Bertz CT molecular complexity index is 1030. The Kier molecular flexibility index (Phi) is 7.58. The van der Waals surface area contributed by atoms with E-state index in [0.29, 0.717) is 47.9 Å². The van der Waals surface area contributed by atoms with Gasteiger partial charge in [-0.25, -0.2) is 14.4 Å². The molecule has 10 heteroatoms. The maximum Gasteiger partial charge on any atom is 0.275 e. The predicted octanol–water partition coefficient (Wildman–Crippen LogP) is 3.97. The standard InChI is InChI=1S/C23H30FN5O3S/c1-14(2)11-32-19-10-26-18(9-27-19)20(30)28-15-6-7-17(24)16(8-15)23(4)12-22(3,13-31-5)33-21(25)29-23/h6-10,14H,11-13H2,1-5H3,(H2,25,29)(H,28,30)/t22-,23+/m1/s1.